The summed E-state index contributed by atoms with van der Waals surface area (Å²) < 4.78 is 5.01. The number of oxazole rings is 1. The lowest BCUT2D eigenvalue weighted by Gasteiger charge is -1.89. The Balaban J connectivity index is 3.05. The van der Waals surface area contributed by atoms with E-state index in [0.29, 0.717) is 18.6 Å². The number of aryl methyl sites for hydroxylation is 2. The van der Waals surface area contributed by atoms with Crippen molar-refractivity contribution < 1.29 is 14.3 Å². The third-order valence-corrected chi connectivity index (χ3v) is 1.62. The molecule has 0 unspecified atom stereocenters. The summed E-state index contributed by atoms with van der Waals surface area (Å²) in [6, 6.07) is 0. The van der Waals surface area contributed by atoms with Crippen molar-refractivity contribution in [1.82, 2.24) is 4.98 Å². The molecule has 0 radical (unpaired) electrons. The minimum Gasteiger partial charge on any atom is -0.474 e. The average Bonchev–Trinajstić information content (AvgIpc) is 2.46. The summed E-state index contributed by atoms with van der Waals surface area (Å²) in [6.45, 7) is 3.83. The molecular weight excluding hydrogens is 158 g/mol. The molecule has 1 aromatic rings. The minimum atomic E-state index is -1.11. The fraction of sp³-hybridized carbons (Fsp3) is 0.500. The number of carbonyl (C=O) groups is 1. The molecule has 0 saturated heterocycles. The Kier molecular flexibility index (Phi) is 2.47. The molecule has 1 heterocycles. The molecule has 0 fully saturated rings. The lowest BCUT2D eigenvalue weighted by molar-refractivity contribution is 0.0652. The third kappa shape index (κ3) is 1.47. The highest BCUT2D eigenvalue weighted by Crippen LogP contribution is 2.12. The van der Waals surface area contributed by atoms with Gasteiger partial charge in [-0.15, -0.1) is 0 Å². The van der Waals surface area contributed by atoms with E-state index in [1.165, 1.54) is 0 Å². The second-order valence-electron chi connectivity index (χ2n) is 2.40. The van der Waals surface area contributed by atoms with Crippen molar-refractivity contribution in [2.75, 3.05) is 0 Å². The zero-order valence-corrected chi connectivity index (χ0v) is 7.13. The normalized spacial score (nSPS) is 10.2. The summed E-state index contributed by atoms with van der Waals surface area (Å²) in [4.78, 5) is 14.3. The van der Waals surface area contributed by atoms with Crippen molar-refractivity contribution in [3.05, 3.63) is 17.3 Å². The Morgan fingerprint density at radius 3 is 2.50 bits per heavy atom. The second kappa shape index (κ2) is 3.38. The van der Waals surface area contributed by atoms with E-state index >= 15 is 0 Å². The Labute approximate surface area is 70.2 Å². The summed E-state index contributed by atoms with van der Waals surface area (Å²) in [5.74, 6) is -0.636. The zero-order valence-electron chi connectivity index (χ0n) is 7.13. The van der Waals surface area contributed by atoms with Gasteiger partial charge >= 0.3 is 11.9 Å². The van der Waals surface area contributed by atoms with Gasteiger partial charge in [0.25, 0.3) is 0 Å². The Hall–Kier alpha value is -1.32. The van der Waals surface area contributed by atoms with Gasteiger partial charge in [-0.2, -0.15) is 0 Å². The van der Waals surface area contributed by atoms with Crippen LogP contribution in [0.15, 0.2) is 4.42 Å². The number of rotatable bonds is 3. The van der Waals surface area contributed by atoms with E-state index < -0.39 is 5.97 Å². The van der Waals surface area contributed by atoms with Crippen molar-refractivity contribution in [2.45, 2.75) is 26.7 Å². The van der Waals surface area contributed by atoms with Crippen LogP contribution >= 0.6 is 0 Å². The van der Waals surface area contributed by atoms with Gasteiger partial charge in [-0.3, -0.25) is 0 Å². The van der Waals surface area contributed by atoms with E-state index in [1.54, 1.807) is 0 Å². The molecule has 0 aliphatic heterocycles. The number of aromatic nitrogens is 1. The Bertz CT molecular complexity index is 269. The van der Waals surface area contributed by atoms with Crippen molar-refractivity contribution in [3.63, 3.8) is 0 Å². The number of hydrogen-bond donors (Lipinski definition) is 1. The summed E-state index contributed by atoms with van der Waals surface area (Å²) in [5, 5.41) is 8.56. The summed E-state index contributed by atoms with van der Waals surface area (Å²) in [5.41, 5.74) is 0.745. The molecular formula is C8H11NO3. The maximum atomic E-state index is 10.4. The van der Waals surface area contributed by atoms with Crippen LogP contribution in [-0.4, -0.2) is 16.1 Å². The van der Waals surface area contributed by atoms with Gasteiger partial charge in [0.1, 0.15) is 5.76 Å². The molecule has 0 amide bonds. The van der Waals surface area contributed by atoms with Gasteiger partial charge in [-0.05, 0) is 6.42 Å². The predicted molar refractivity (Wildman–Crippen MR) is 42.2 cm³/mol. The lowest BCUT2D eigenvalue weighted by atomic mass is 10.2. The molecule has 0 saturated carbocycles. The summed E-state index contributed by atoms with van der Waals surface area (Å²) in [7, 11) is 0. The van der Waals surface area contributed by atoms with E-state index in [9.17, 15) is 4.79 Å². The van der Waals surface area contributed by atoms with Gasteiger partial charge < -0.3 is 9.52 Å². The highest BCUT2D eigenvalue weighted by Gasteiger charge is 2.14. The first-order chi connectivity index (χ1) is 5.69. The van der Waals surface area contributed by atoms with Crippen LogP contribution in [0.2, 0.25) is 0 Å². The number of nitrogens with zero attached hydrogens (tertiary/aromatic N) is 1. The van der Waals surface area contributed by atoms with Crippen LogP contribution in [0.1, 0.15) is 36.0 Å². The highest BCUT2D eigenvalue weighted by atomic mass is 16.4. The fourth-order valence-electron chi connectivity index (χ4n) is 1.03. The molecule has 1 rings (SSSR count). The topological polar surface area (TPSA) is 63.3 Å². The van der Waals surface area contributed by atoms with Crippen LogP contribution < -0.4 is 0 Å². The molecule has 1 aromatic heterocycles. The summed E-state index contributed by atoms with van der Waals surface area (Å²) in [6.07, 6.45) is 1.39. The number of carboxylic acid groups (broad SMARTS) is 1. The molecule has 66 valence electrons. The van der Waals surface area contributed by atoms with Crippen LogP contribution in [0.4, 0.5) is 0 Å². The average molecular weight is 169 g/mol. The van der Waals surface area contributed by atoms with Crippen LogP contribution in [0.25, 0.3) is 0 Å². The van der Waals surface area contributed by atoms with Gasteiger partial charge in [0.15, 0.2) is 0 Å². The van der Waals surface area contributed by atoms with E-state index in [1.807, 2.05) is 13.8 Å². The SMILES string of the molecule is CCc1nc(C(=O)O)oc1CC. The predicted octanol–water partition coefficient (Wildman–Crippen LogP) is 1.50. The first-order valence-electron chi connectivity index (χ1n) is 3.90. The van der Waals surface area contributed by atoms with Gasteiger partial charge in [0.2, 0.25) is 0 Å². The maximum absolute atomic E-state index is 10.4. The molecule has 0 atom stereocenters. The Morgan fingerprint density at radius 1 is 1.50 bits per heavy atom. The zero-order chi connectivity index (χ0) is 9.14. The highest BCUT2D eigenvalue weighted by molar-refractivity contribution is 5.82. The van der Waals surface area contributed by atoms with E-state index in [-0.39, 0.29) is 5.89 Å². The molecule has 1 N–H and O–H groups in total. The first-order valence-corrected chi connectivity index (χ1v) is 3.90. The molecule has 4 heteroatoms. The van der Waals surface area contributed by atoms with E-state index in [4.69, 9.17) is 9.52 Å². The van der Waals surface area contributed by atoms with Gasteiger partial charge in [-0.25, -0.2) is 9.78 Å². The number of aromatic carboxylic acids is 1. The van der Waals surface area contributed by atoms with E-state index in [2.05, 4.69) is 4.98 Å². The molecule has 0 aliphatic rings. The smallest absolute Gasteiger partial charge is 0.392 e. The van der Waals surface area contributed by atoms with E-state index in [0.717, 1.165) is 5.69 Å². The van der Waals surface area contributed by atoms with Gasteiger partial charge in [0, 0.05) is 6.42 Å². The molecule has 0 aliphatic carbocycles. The van der Waals surface area contributed by atoms with Crippen molar-refractivity contribution in [3.8, 4) is 0 Å². The van der Waals surface area contributed by atoms with Crippen LogP contribution in [0.5, 0.6) is 0 Å². The largest absolute Gasteiger partial charge is 0.474 e. The van der Waals surface area contributed by atoms with Gasteiger partial charge in [0.05, 0.1) is 5.69 Å². The van der Waals surface area contributed by atoms with Crippen LogP contribution in [-0.2, 0) is 12.8 Å². The third-order valence-electron chi connectivity index (χ3n) is 1.62. The van der Waals surface area contributed by atoms with Crippen molar-refractivity contribution in [2.24, 2.45) is 0 Å². The lowest BCUT2D eigenvalue weighted by Crippen LogP contribution is -1.95. The van der Waals surface area contributed by atoms with Crippen LogP contribution in [0.3, 0.4) is 0 Å². The molecule has 0 spiro atoms. The number of hydrogen-bond acceptors (Lipinski definition) is 3. The quantitative estimate of drug-likeness (QED) is 0.744. The fourth-order valence-corrected chi connectivity index (χ4v) is 1.03. The molecule has 0 aromatic carbocycles. The van der Waals surface area contributed by atoms with Crippen LogP contribution in [0, 0.1) is 0 Å². The summed E-state index contributed by atoms with van der Waals surface area (Å²) >= 11 is 0. The van der Waals surface area contributed by atoms with Crippen molar-refractivity contribution in [1.29, 1.82) is 0 Å². The van der Waals surface area contributed by atoms with Crippen molar-refractivity contribution >= 4 is 5.97 Å². The number of carboxylic acids is 1. The Morgan fingerprint density at radius 2 is 2.17 bits per heavy atom. The monoisotopic (exact) mass is 169 g/mol. The maximum Gasteiger partial charge on any atom is 0.392 e. The minimum absolute atomic E-state index is 0.205. The molecule has 0 bridgehead atoms. The molecule has 12 heavy (non-hydrogen) atoms. The van der Waals surface area contributed by atoms with Gasteiger partial charge in [-0.1, -0.05) is 13.8 Å². The molecule has 4 nitrogen and oxygen atoms in total. The first kappa shape index (κ1) is 8.77. The second-order valence-corrected chi connectivity index (χ2v) is 2.40. The standard InChI is InChI=1S/C8H11NO3/c1-3-5-6(4-2)12-7(9-5)8(10)11/h3-4H2,1-2H3,(H,10,11).